The molecule has 110 valence electrons. The Bertz CT molecular complexity index is 447. The summed E-state index contributed by atoms with van der Waals surface area (Å²) in [6.45, 7) is 1.17. The van der Waals surface area contributed by atoms with Crippen molar-refractivity contribution >= 4 is 23.5 Å². The van der Waals surface area contributed by atoms with Crippen molar-refractivity contribution in [1.29, 1.82) is 0 Å². The highest BCUT2D eigenvalue weighted by Crippen LogP contribution is 2.12. The fraction of sp³-hybridized carbons (Fsp3) is 0.429. The number of hydrogen-bond acceptors (Lipinski definition) is 3. The van der Waals surface area contributed by atoms with Crippen LogP contribution in [0.4, 0.5) is 0 Å². The molecule has 5 nitrogen and oxygen atoms in total. The van der Waals surface area contributed by atoms with Crippen molar-refractivity contribution in [3.63, 3.8) is 0 Å². The predicted molar refractivity (Wildman–Crippen MR) is 76.1 cm³/mol. The van der Waals surface area contributed by atoms with E-state index >= 15 is 0 Å². The Balaban J connectivity index is 2.71. The summed E-state index contributed by atoms with van der Waals surface area (Å²) in [6.07, 6.45) is 0.585. The van der Waals surface area contributed by atoms with E-state index in [0.29, 0.717) is 30.2 Å². The number of carbonyl (C=O) groups excluding carboxylic acids is 1. The van der Waals surface area contributed by atoms with Gasteiger partial charge in [0, 0.05) is 37.4 Å². The number of benzene rings is 1. The third-order valence-corrected chi connectivity index (χ3v) is 3.00. The molecule has 20 heavy (non-hydrogen) atoms. The molecule has 0 atom stereocenters. The highest BCUT2D eigenvalue weighted by molar-refractivity contribution is 6.30. The zero-order valence-electron chi connectivity index (χ0n) is 11.3. The molecule has 1 N–H and O–H groups in total. The van der Waals surface area contributed by atoms with Crippen LogP contribution in [0, 0.1) is 0 Å². The minimum atomic E-state index is -0.925. The van der Waals surface area contributed by atoms with E-state index in [1.807, 2.05) is 0 Å². The molecular weight excluding hydrogens is 282 g/mol. The number of amides is 1. The van der Waals surface area contributed by atoms with Gasteiger partial charge in [-0.05, 0) is 30.7 Å². The second kappa shape index (κ2) is 8.55. The fourth-order valence-corrected chi connectivity index (χ4v) is 1.85. The van der Waals surface area contributed by atoms with Crippen molar-refractivity contribution in [3.05, 3.63) is 34.9 Å². The number of nitrogens with zero attached hydrogens (tertiary/aromatic N) is 1. The Morgan fingerprint density at radius 3 is 2.45 bits per heavy atom. The molecule has 0 radical (unpaired) electrons. The van der Waals surface area contributed by atoms with Gasteiger partial charge in [0.2, 0.25) is 0 Å². The quantitative estimate of drug-likeness (QED) is 0.748. The van der Waals surface area contributed by atoms with Crippen LogP contribution in [0.5, 0.6) is 0 Å². The highest BCUT2D eigenvalue weighted by atomic mass is 35.5. The fourth-order valence-electron chi connectivity index (χ4n) is 1.72. The van der Waals surface area contributed by atoms with Gasteiger partial charge in [0.1, 0.15) is 0 Å². The molecule has 0 saturated heterocycles. The van der Waals surface area contributed by atoms with E-state index in [-0.39, 0.29) is 18.9 Å². The van der Waals surface area contributed by atoms with Crippen molar-refractivity contribution in [2.24, 2.45) is 0 Å². The molecule has 0 aliphatic heterocycles. The van der Waals surface area contributed by atoms with Crippen molar-refractivity contribution in [2.45, 2.75) is 12.8 Å². The Kier molecular flexibility index (Phi) is 7.04. The SMILES string of the molecule is COCCCN(CCC(=O)O)C(=O)c1ccc(Cl)cc1. The van der Waals surface area contributed by atoms with Crippen LogP contribution in [0.3, 0.4) is 0 Å². The zero-order valence-corrected chi connectivity index (χ0v) is 12.1. The lowest BCUT2D eigenvalue weighted by atomic mass is 10.2. The average molecular weight is 300 g/mol. The molecule has 1 aromatic carbocycles. The molecule has 0 bridgehead atoms. The third kappa shape index (κ3) is 5.59. The molecule has 0 aromatic heterocycles. The lowest BCUT2D eigenvalue weighted by molar-refractivity contribution is -0.137. The van der Waals surface area contributed by atoms with Crippen LogP contribution in [0.1, 0.15) is 23.2 Å². The van der Waals surface area contributed by atoms with E-state index in [1.54, 1.807) is 31.4 Å². The van der Waals surface area contributed by atoms with Gasteiger partial charge in [-0.25, -0.2) is 0 Å². The van der Waals surface area contributed by atoms with Crippen LogP contribution in [-0.4, -0.2) is 48.7 Å². The van der Waals surface area contributed by atoms with E-state index in [2.05, 4.69) is 0 Å². The highest BCUT2D eigenvalue weighted by Gasteiger charge is 2.16. The monoisotopic (exact) mass is 299 g/mol. The number of carboxylic acids is 1. The van der Waals surface area contributed by atoms with Gasteiger partial charge in [0.05, 0.1) is 6.42 Å². The summed E-state index contributed by atoms with van der Waals surface area (Å²) in [5, 5.41) is 9.30. The average Bonchev–Trinajstić information content (AvgIpc) is 2.42. The molecule has 0 heterocycles. The third-order valence-electron chi connectivity index (χ3n) is 2.75. The number of hydrogen-bond donors (Lipinski definition) is 1. The molecule has 0 aliphatic rings. The summed E-state index contributed by atoms with van der Waals surface area (Å²) in [4.78, 5) is 24.5. The predicted octanol–water partition coefficient (Wildman–Crippen LogP) is 2.29. The summed E-state index contributed by atoms with van der Waals surface area (Å²) in [7, 11) is 1.59. The number of methoxy groups -OCH3 is 1. The summed E-state index contributed by atoms with van der Waals surface area (Å²) in [6, 6.07) is 6.54. The van der Waals surface area contributed by atoms with E-state index in [1.165, 1.54) is 4.90 Å². The molecule has 1 rings (SSSR count). The van der Waals surface area contributed by atoms with E-state index in [4.69, 9.17) is 21.4 Å². The normalized spacial score (nSPS) is 10.3. The molecule has 1 amide bonds. The number of ether oxygens (including phenoxy) is 1. The van der Waals surface area contributed by atoms with E-state index in [9.17, 15) is 9.59 Å². The molecule has 0 fully saturated rings. The number of carboxylic acid groups (broad SMARTS) is 1. The van der Waals surface area contributed by atoms with Crippen molar-refractivity contribution in [1.82, 2.24) is 4.90 Å². The van der Waals surface area contributed by atoms with Gasteiger partial charge in [-0.1, -0.05) is 11.6 Å². The molecule has 0 saturated carbocycles. The minimum absolute atomic E-state index is 0.0771. The van der Waals surface area contributed by atoms with Crippen LogP contribution < -0.4 is 0 Å². The lowest BCUT2D eigenvalue weighted by Gasteiger charge is -2.22. The first-order valence-electron chi connectivity index (χ1n) is 6.30. The van der Waals surface area contributed by atoms with E-state index < -0.39 is 5.97 Å². The van der Waals surface area contributed by atoms with Crippen LogP contribution >= 0.6 is 11.6 Å². The topological polar surface area (TPSA) is 66.8 Å². The van der Waals surface area contributed by atoms with Crippen LogP contribution in [0.25, 0.3) is 0 Å². The van der Waals surface area contributed by atoms with Crippen LogP contribution in [-0.2, 0) is 9.53 Å². The second-order valence-electron chi connectivity index (χ2n) is 4.29. The summed E-state index contributed by atoms with van der Waals surface area (Å²) in [5.41, 5.74) is 0.497. The van der Waals surface area contributed by atoms with Gasteiger partial charge >= 0.3 is 5.97 Å². The van der Waals surface area contributed by atoms with Gasteiger partial charge in [-0.3, -0.25) is 9.59 Å². The summed E-state index contributed by atoms with van der Waals surface area (Å²) >= 11 is 5.78. The van der Waals surface area contributed by atoms with Crippen LogP contribution in [0.2, 0.25) is 5.02 Å². The first-order chi connectivity index (χ1) is 9.54. The first kappa shape index (κ1) is 16.5. The molecule has 1 aromatic rings. The second-order valence-corrected chi connectivity index (χ2v) is 4.73. The van der Waals surface area contributed by atoms with Crippen molar-refractivity contribution in [2.75, 3.05) is 26.8 Å². The summed E-state index contributed by atoms with van der Waals surface area (Å²) in [5.74, 6) is -1.12. The lowest BCUT2D eigenvalue weighted by Crippen LogP contribution is -2.34. The van der Waals surface area contributed by atoms with Gasteiger partial charge in [-0.2, -0.15) is 0 Å². The van der Waals surface area contributed by atoms with Crippen LogP contribution in [0.15, 0.2) is 24.3 Å². The smallest absolute Gasteiger partial charge is 0.305 e. The number of aliphatic carboxylic acids is 1. The zero-order chi connectivity index (χ0) is 15.0. The van der Waals surface area contributed by atoms with Gasteiger partial charge in [0.25, 0.3) is 5.91 Å². The Hall–Kier alpha value is -1.59. The standard InChI is InChI=1S/C14H18ClNO4/c1-20-10-2-8-16(9-7-13(17)18)14(19)11-3-5-12(15)6-4-11/h3-6H,2,7-10H2,1H3,(H,17,18). The molecule has 6 heteroatoms. The van der Waals surface area contributed by atoms with Crippen molar-refractivity contribution < 1.29 is 19.4 Å². The maximum Gasteiger partial charge on any atom is 0.305 e. The number of rotatable bonds is 8. The van der Waals surface area contributed by atoms with Gasteiger partial charge in [-0.15, -0.1) is 0 Å². The molecule has 0 aliphatic carbocycles. The maximum absolute atomic E-state index is 12.3. The first-order valence-corrected chi connectivity index (χ1v) is 6.68. The Labute approximate surface area is 123 Å². The van der Waals surface area contributed by atoms with Gasteiger partial charge in [0.15, 0.2) is 0 Å². The maximum atomic E-state index is 12.3. The minimum Gasteiger partial charge on any atom is -0.481 e. The van der Waals surface area contributed by atoms with Crippen molar-refractivity contribution in [3.8, 4) is 0 Å². The Morgan fingerprint density at radius 1 is 1.25 bits per heavy atom. The Morgan fingerprint density at radius 2 is 1.90 bits per heavy atom. The summed E-state index contributed by atoms with van der Waals surface area (Å²) < 4.78 is 4.95. The van der Waals surface area contributed by atoms with E-state index in [0.717, 1.165) is 0 Å². The molecular formula is C14H18ClNO4. The van der Waals surface area contributed by atoms with Gasteiger partial charge < -0.3 is 14.7 Å². The molecule has 0 unspecified atom stereocenters. The number of carbonyl (C=O) groups is 2. The molecule has 0 spiro atoms. The largest absolute Gasteiger partial charge is 0.481 e. The number of halogens is 1.